The average molecular weight is 294 g/mol. The predicted molar refractivity (Wildman–Crippen MR) is 87.0 cm³/mol. The molecule has 0 bridgehead atoms. The van der Waals surface area contributed by atoms with Crippen LogP contribution in [-0.2, 0) is 16.0 Å². The van der Waals surface area contributed by atoms with Gasteiger partial charge in [-0.2, -0.15) is 0 Å². The molecule has 0 aromatic heterocycles. The molecule has 4 heteroatoms. The third-order valence-corrected chi connectivity index (χ3v) is 3.97. The van der Waals surface area contributed by atoms with Crippen LogP contribution in [0.5, 0.6) is 0 Å². The van der Waals surface area contributed by atoms with Crippen LogP contribution in [0.4, 0.5) is 11.4 Å². The highest BCUT2D eigenvalue weighted by molar-refractivity contribution is 6.44. The number of amides is 2. The van der Waals surface area contributed by atoms with Crippen LogP contribution < -0.4 is 10.2 Å². The van der Waals surface area contributed by atoms with Crippen molar-refractivity contribution in [2.75, 3.05) is 16.8 Å². The summed E-state index contributed by atoms with van der Waals surface area (Å²) in [7, 11) is 0. The lowest BCUT2D eigenvalue weighted by Crippen LogP contribution is -2.38. The maximum Gasteiger partial charge on any atom is 0.316 e. The summed E-state index contributed by atoms with van der Waals surface area (Å²) < 4.78 is 0. The molecule has 22 heavy (non-hydrogen) atoms. The van der Waals surface area contributed by atoms with E-state index in [0.717, 1.165) is 28.8 Å². The molecule has 1 aliphatic heterocycles. The summed E-state index contributed by atoms with van der Waals surface area (Å²) in [6.45, 7) is 4.41. The number of hydrogen-bond donors (Lipinski definition) is 1. The van der Waals surface area contributed by atoms with Gasteiger partial charge in [0.05, 0.1) is 0 Å². The van der Waals surface area contributed by atoms with Gasteiger partial charge in [0.25, 0.3) is 0 Å². The van der Waals surface area contributed by atoms with E-state index in [0.29, 0.717) is 12.2 Å². The Hall–Kier alpha value is -2.62. The molecular weight excluding hydrogens is 276 g/mol. The van der Waals surface area contributed by atoms with E-state index in [1.807, 2.05) is 56.3 Å². The molecule has 0 fully saturated rings. The Morgan fingerprint density at radius 2 is 1.86 bits per heavy atom. The molecule has 0 saturated heterocycles. The van der Waals surface area contributed by atoms with Crippen molar-refractivity contribution in [3.05, 3.63) is 59.2 Å². The normalized spacial score (nSPS) is 12.9. The van der Waals surface area contributed by atoms with Crippen LogP contribution in [0.25, 0.3) is 0 Å². The Morgan fingerprint density at radius 1 is 1.09 bits per heavy atom. The lowest BCUT2D eigenvalue weighted by atomic mass is 10.1. The summed E-state index contributed by atoms with van der Waals surface area (Å²) in [5, 5.41) is 2.73. The summed E-state index contributed by atoms with van der Waals surface area (Å²) in [6.07, 6.45) is 0.790. The van der Waals surface area contributed by atoms with Crippen molar-refractivity contribution in [2.45, 2.75) is 20.3 Å². The minimum atomic E-state index is -0.592. The Labute approximate surface area is 129 Å². The predicted octanol–water partition coefficient (Wildman–Crippen LogP) is 2.83. The molecule has 0 unspecified atom stereocenters. The number of fused-ring (bicyclic) bond motifs is 1. The minimum absolute atomic E-state index is 0.508. The van der Waals surface area contributed by atoms with Gasteiger partial charge in [0.15, 0.2) is 0 Å². The van der Waals surface area contributed by atoms with E-state index < -0.39 is 11.8 Å². The molecule has 3 rings (SSSR count). The molecule has 1 heterocycles. The summed E-state index contributed by atoms with van der Waals surface area (Å²) in [5.41, 5.74) is 4.61. The van der Waals surface area contributed by atoms with E-state index in [1.54, 1.807) is 4.90 Å². The fourth-order valence-electron chi connectivity index (χ4n) is 2.72. The second kappa shape index (κ2) is 5.64. The van der Waals surface area contributed by atoms with Crippen molar-refractivity contribution in [2.24, 2.45) is 0 Å². The Morgan fingerprint density at radius 3 is 2.68 bits per heavy atom. The lowest BCUT2D eigenvalue weighted by Gasteiger charge is -2.17. The smallest absolute Gasteiger partial charge is 0.316 e. The van der Waals surface area contributed by atoms with Gasteiger partial charge in [-0.15, -0.1) is 0 Å². The minimum Gasteiger partial charge on any atom is -0.318 e. The van der Waals surface area contributed by atoms with E-state index in [-0.39, 0.29) is 0 Å². The number of anilines is 2. The van der Waals surface area contributed by atoms with E-state index in [9.17, 15) is 9.59 Å². The van der Waals surface area contributed by atoms with Crippen LogP contribution in [0, 0.1) is 13.8 Å². The Kier molecular flexibility index (Phi) is 3.67. The zero-order valence-electron chi connectivity index (χ0n) is 12.7. The molecule has 0 atom stereocenters. The number of nitrogens with zero attached hydrogens (tertiary/aromatic N) is 1. The first kappa shape index (κ1) is 14.3. The summed E-state index contributed by atoms with van der Waals surface area (Å²) >= 11 is 0. The first-order valence-electron chi connectivity index (χ1n) is 7.34. The van der Waals surface area contributed by atoms with Gasteiger partial charge < -0.3 is 10.2 Å². The number of carbonyl (C=O) groups excluding carboxylic acids is 2. The number of benzene rings is 2. The van der Waals surface area contributed by atoms with Crippen LogP contribution in [0.1, 0.15) is 16.7 Å². The van der Waals surface area contributed by atoms with Crippen molar-refractivity contribution < 1.29 is 9.59 Å². The van der Waals surface area contributed by atoms with Gasteiger partial charge in [-0.05, 0) is 49.1 Å². The average Bonchev–Trinajstić information content (AvgIpc) is 2.94. The molecule has 1 aliphatic rings. The highest BCUT2D eigenvalue weighted by Gasteiger charge is 2.29. The fraction of sp³-hybridized carbons (Fsp3) is 0.222. The molecule has 0 spiro atoms. The SMILES string of the molecule is Cc1ccc(C)c(NC(=O)C(=O)N2CCc3ccccc32)c1. The highest BCUT2D eigenvalue weighted by atomic mass is 16.2. The largest absolute Gasteiger partial charge is 0.318 e. The second-order valence-electron chi connectivity index (χ2n) is 5.61. The number of nitrogens with one attached hydrogen (secondary N) is 1. The first-order chi connectivity index (χ1) is 10.6. The summed E-state index contributed by atoms with van der Waals surface area (Å²) in [6, 6.07) is 13.5. The molecule has 2 amide bonds. The van der Waals surface area contributed by atoms with Gasteiger partial charge in [-0.3, -0.25) is 9.59 Å². The van der Waals surface area contributed by atoms with Gasteiger partial charge in [0.2, 0.25) is 0 Å². The molecule has 1 N–H and O–H groups in total. The topological polar surface area (TPSA) is 49.4 Å². The van der Waals surface area contributed by atoms with E-state index in [4.69, 9.17) is 0 Å². The number of aryl methyl sites for hydroxylation is 2. The molecule has 0 saturated carbocycles. The Bertz CT molecular complexity index is 753. The third kappa shape index (κ3) is 2.60. The maximum absolute atomic E-state index is 12.4. The van der Waals surface area contributed by atoms with Gasteiger partial charge in [-0.1, -0.05) is 30.3 Å². The quantitative estimate of drug-likeness (QED) is 0.822. The van der Waals surface area contributed by atoms with E-state index in [2.05, 4.69) is 5.32 Å². The van der Waals surface area contributed by atoms with Gasteiger partial charge in [0, 0.05) is 17.9 Å². The van der Waals surface area contributed by atoms with Crippen molar-refractivity contribution in [1.82, 2.24) is 0 Å². The fourth-order valence-corrected chi connectivity index (χ4v) is 2.72. The molecule has 0 aliphatic carbocycles. The van der Waals surface area contributed by atoms with Gasteiger partial charge >= 0.3 is 11.8 Å². The van der Waals surface area contributed by atoms with Crippen molar-refractivity contribution >= 4 is 23.2 Å². The van der Waals surface area contributed by atoms with Crippen LogP contribution >= 0.6 is 0 Å². The standard InChI is InChI=1S/C18H18N2O2/c1-12-7-8-13(2)15(11-12)19-17(21)18(22)20-10-9-14-5-3-4-6-16(14)20/h3-8,11H,9-10H2,1-2H3,(H,19,21). The van der Waals surface area contributed by atoms with Crippen molar-refractivity contribution in [1.29, 1.82) is 0 Å². The molecule has 4 nitrogen and oxygen atoms in total. The molecule has 2 aromatic rings. The van der Waals surface area contributed by atoms with Crippen molar-refractivity contribution in [3.8, 4) is 0 Å². The lowest BCUT2D eigenvalue weighted by molar-refractivity contribution is -0.134. The van der Waals surface area contributed by atoms with Crippen molar-refractivity contribution in [3.63, 3.8) is 0 Å². The summed E-state index contributed by atoms with van der Waals surface area (Å²) in [5.74, 6) is -1.10. The van der Waals surface area contributed by atoms with E-state index >= 15 is 0 Å². The van der Waals surface area contributed by atoms with Gasteiger partial charge in [-0.25, -0.2) is 0 Å². The maximum atomic E-state index is 12.4. The molecule has 2 aromatic carbocycles. The monoisotopic (exact) mass is 294 g/mol. The van der Waals surface area contributed by atoms with E-state index in [1.165, 1.54) is 0 Å². The Balaban J connectivity index is 1.79. The molecule has 112 valence electrons. The number of hydrogen-bond acceptors (Lipinski definition) is 2. The zero-order valence-corrected chi connectivity index (χ0v) is 12.7. The van der Waals surface area contributed by atoms with Gasteiger partial charge in [0.1, 0.15) is 0 Å². The number of carbonyl (C=O) groups is 2. The number of para-hydroxylation sites is 1. The first-order valence-corrected chi connectivity index (χ1v) is 7.34. The summed E-state index contributed by atoms with van der Waals surface area (Å²) in [4.78, 5) is 26.2. The van der Waals surface area contributed by atoms with Crippen LogP contribution in [0.2, 0.25) is 0 Å². The van der Waals surface area contributed by atoms with Crippen LogP contribution in [0.3, 0.4) is 0 Å². The second-order valence-corrected chi connectivity index (χ2v) is 5.61. The highest BCUT2D eigenvalue weighted by Crippen LogP contribution is 2.27. The number of rotatable bonds is 1. The zero-order chi connectivity index (χ0) is 15.7. The van der Waals surface area contributed by atoms with Crippen LogP contribution in [0.15, 0.2) is 42.5 Å². The molecular formula is C18H18N2O2. The molecule has 0 radical (unpaired) electrons. The third-order valence-electron chi connectivity index (χ3n) is 3.97. The van der Waals surface area contributed by atoms with Crippen LogP contribution in [-0.4, -0.2) is 18.4 Å².